The molecule has 8 heteroatoms. The second kappa shape index (κ2) is 8.11. The van der Waals surface area contributed by atoms with Crippen LogP contribution in [0.3, 0.4) is 0 Å². The van der Waals surface area contributed by atoms with E-state index in [4.69, 9.17) is 5.11 Å². The zero-order valence-corrected chi connectivity index (χ0v) is 14.1. The van der Waals surface area contributed by atoms with Gasteiger partial charge in [0, 0.05) is 54.7 Å². The Bertz CT molecular complexity index is 843. The molecule has 26 heavy (non-hydrogen) atoms. The molecule has 1 aliphatic heterocycles. The molecule has 0 unspecified atom stereocenters. The van der Waals surface area contributed by atoms with E-state index in [1.165, 1.54) is 0 Å². The Kier molecular flexibility index (Phi) is 5.43. The Morgan fingerprint density at radius 3 is 2.92 bits per heavy atom. The number of carboxylic acid groups (broad SMARTS) is 1. The van der Waals surface area contributed by atoms with E-state index >= 15 is 0 Å². The summed E-state index contributed by atoms with van der Waals surface area (Å²) in [6.45, 7) is 0.345. The fourth-order valence-corrected chi connectivity index (χ4v) is 2.62. The minimum absolute atomic E-state index is 0.0233. The maximum Gasteiger partial charge on any atom is 0.305 e. The number of carbonyl (C=O) groups excluding carboxylic acids is 1. The molecular weight excluding hydrogens is 334 g/mol. The lowest BCUT2D eigenvalue weighted by atomic mass is 10.1. The number of hydrogen-bond donors (Lipinski definition) is 3. The molecule has 2 heterocycles. The van der Waals surface area contributed by atoms with Gasteiger partial charge in [0.2, 0.25) is 5.91 Å². The van der Waals surface area contributed by atoms with Crippen LogP contribution in [-0.2, 0) is 16.0 Å². The van der Waals surface area contributed by atoms with Crippen molar-refractivity contribution >= 4 is 29.5 Å². The number of amides is 1. The Morgan fingerprint density at radius 2 is 2.15 bits per heavy atom. The van der Waals surface area contributed by atoms with Crippen molar-refractivity contribution < 1.29 is 14.7 Å². The molecule has 1 aromatic carbocycles. The molecule has 134 valence electrons. The Hall–Kier alpha value is -3.42. The smallest absolute Gasteiger partial charge is 0.305 e. The fourth-order valence-electron chi connectivity index (χ4n) is 2.62. The van der Waals surface area contributed by atoms with Crippen molar-refractivity contribution in [1.82, 2.24) is 9.97 Å². The van der Waals surface area contributed by atoms with Gasteiger partial charge in [-0.05, 0) is 24.6 Å². The van der Waals surface area contributed by atoms with E-state index in [1.54, 1.807) is 37.2 Å². The number of imidazole rings is 1. The number of benzene rings is 1. The van der Waals surface area contributed by atoms with Gasteiger partial charge < -0.3 is 20.3 Å². The zero-order valence-electron chi connectivity index (χ0n) is 14.1. The van der Waals surface area contributed by atoms with Crippen LogP contribution in [0, 0.1) is 0 Å². The molecule has 3 rings (SSSR count). The first-order chi connectivity index (χ1) is 12.6. The minimum Gasteiger partial charge on any atom is -0.481 e. The highest BCUT2D eigenvalue weighted by molar-refractivity contribution is 5.95. The second-order valence-corrected chi connectivity index (χ2v) is 5.80. The number of nitrogens with one attached hydrogen (secondary N) is 2. The van der Waals surface area contributed by atoms with Gasteiger partial charge in [-0.15, -0.1) is 0 Å². The van der Waals surface area contributed by atoms with Crippen LogP contribution in [0.4, 0.5) is 11.4 Å². The Morgan fingerprint density at radius 1 is 1.27 bits per heavy atom. The molecule has 2 aromatic rings. The highest BCUT2D eigenvalue weighted by atomic mass is 16.4. The highest BCUT2D eigenvalue weighted by Gasteiger charge is 2.13. The van der Waals surface area contributed by atoms with Crippen LogP contribution in [0.5, 0.6) is 0 Å². The molecule has 0 spiro atoms. The second-order valence-electron chi connectivity index (χ2n) is 5.80. The van der Waals surface area contributed by atoms with Crippen LogP contribution in [0.2, 0.25) is 0 Å². The molecule has 0 bridgehead atoms. The van der Waals surface area contributed by atoms with Crippen molar-refractivity contribution in [2.75, 3.05) is 16.8 Å². The maximum atomic E-state index is 12.1. The lowest BCUT2D eigenvalue weighted by Gasteiger charge is -2.21. The predicted molar refractivity (Wildman–Crippen MR) is 98.3 cm³/mol. The van der Waals surface area contributed by atoms with E-state index in [2.05, 4.69) is 20.3 Å². The molecular formula is C18H19N5O3. The lowest BCUT2D eigenvalue weighted by molar-refractivity contribution is -0.136. The molecule has 0 saturated carbocycles. The average Bonchev–Trinajstić information content (AvgIpc) is 3.05. The number of aliphatic carboxylic acids is 1. The Balaban J connectivity index is 1.66. The van der Waals surface area contributed by atoms with Gasteiger partial charge in [-0.3, -0.25) is 14.6 Å². The number of aryl methyl sites for hydroxylation is 1. The predicted octanol–water partition coefficient (Wildman–Crippen LogP) is 2.17. The van der Waals surface area contributed by atoms with Gasteiger partial charge in [-0.1, -0.05) is 0 Å². The summed E-state index contributed by atoms with van der Waals surface area (Å²) in [5.41, 5.74) is 3.17. The summed E-state index contributed by atoms with van der Waals surface area (Å²) in [7, 11) is 0. The number of aromatic nitrogens is 2. The number of aliphatic imine (C=N–C) groups is 1. The van der Waals surface area contributed by atoms with Gasteiger partial charge in [0.15, 0.2) is 0 Å². The number of nitrogens with zero attached hydrogens (tertiary/aromatic N) is 3. The van der Waals surface area contributed by atoms with Gasteiger partial charge in [-0.2, -0.15) is 0 Å². The van der Waals surface area contributed by atoms with Crippen molar-refractivity contribution in [3.63, 3.8) is 0 Å². The van der Waals surface area contributed by atoms with E-state index in [0.29, 0.717) is 25.1 Å². The molecule has 1 amide bonds. The summed E-state index contributed by atoms with van der Waals surface area (Å²) in [5, 5.41) is 11.8. The molecule has 0 radical (unpaired) electrons. The van der Waals surface area contributed by atoms with Crippen LogP contribution in [-0.4, -0.2) is 39.7 Å². The number of carbonyl (C=O) groups is 2. The minimum atomic E-state index is -0.856. The van der Waals surface area contributed by atoms with Crippen molar-refractivity contribution in [2.45, 2.75) is 19.3 Å². The molecule has 1 aliphatic rings. The largest absolute Gasteiger partial charge is 0.481 e. The zero-order chi connectivity index (χ0) is 18.4. The van der Waals surface area contributed by atoms with Gasteiger partial charge in [0.25, 0.3) is 0 Å². The molecule has 0 aliphatic carbocycles. The SMILES string of the molecule is O=C(O)CCN1C=CN=Cc2cc(NC(=O)CCc3c[nH]cn3)ccc21. The number of anilines is 2. The van der Waals surface area contributed by atoms with Crippen molar-refractivity contribution in [2.24, 2.45) is 4.99 Å². The molecule has 0 saturated heterocycles. The third-order valence-electron chi connectivity index (χ3n) is 3.90. The van der Waals surface area contributed by atoms with Crippen LogP contribution in [0.25, 0.3) is 0 Å². The standard InChI is InChI=1S/C18H19N5O3/c24-17(4-2-15-11-20-12-21-15)22-14-1-3-16-13(9-14)10-19-6-8-23(16)7-5-18(25)26/h1,3,6,8-12H,2,4-5,7H2,(H,20,21)(H,22,24)(H,25,26). The van der Waals surface area contributed by atoms with Crippen LogP contribution in [0.15, 0.2) is 48.1 Å². The van der Waals surface area contributed by atoms with Crippen LogP contribution < -0.4 is 10.2 Å². The lowest BCUT2D eigenvalue weighted by Crippen LogP contribution is -2.21. The third-order valence-corrected chi connectivity index (χ3v) is 3.90. The van der Waals surface area contributed by atoms with E-state index < -0.39 is 5.97 Å². The fraction of sp³-hybridized carbons (Fsp3) is 0.222. The molecule has 3 N–H and O–H groups in total. The number of carboxylic acids is 1. The van der Waals surface area contributed by atoms with Crippen LogP contribution >= 0.6 is 0 Å². The third kappa shape index (κ3) is 4.56. The van der Waals surface area contributed by atoms with Crippen molar-refractivity contribution in [1.29, 1.82) is 0 Å². The normalized spacial score (nSPS) is 12.5. The summed E-state index contributed by atoms with van der Waals surface area (Å²) >= 11 is 0. The first-order valence-corrected chi connectivity index (χ1v) is 8.21. The number of H-pyrrole nitrogens is 1. The summed E-state index contributed by atoms with van der Waals surface area (Å²) in [5.74, 6) is -0.953. The summed E-state index contributed by atoms with van der Waals surface area (Å²) < 4.78 is 0. The first kappa shape index (κ1) is 17.4. The number of rotatable bonds is 7. The van der Waals surface area contributed by atoms with Crippen LogP contribution in [0.1, 0.15) is 24.1 Å². The van der Waals surface area contributed by atoms with Gasteiger partial charge in [0.1, 0.15) is 0 Å². The molecule has 8 nitrogen and oxygen atoms in total. The molecule has 0 fully saturated rings. The van der Waals surface area contributed by atoms with E-state index in [0.717, 1.165) is 16.9 Å². The topological polar surface area (TPSA) is 111 Å². The number of fused-ring (bicyclic) bond motifs is 1. The monoisotopic (exact) mass is 353 g/mol. The van der Waals surface area contributed by atoms with Gasteiger partial charge in [0.05, 0.1) is 18.4 Å². The quantitative estimate of drug-likeness (QED) is 0.706. The highest BCUT2D eigenvalue weighted by Crippen LogP contribution is 2.25. The first-order valence-electron chi connectivity index (χ1n) is 8.21. The number of hydrogen-bond acceptors (Lipinski definition) is 5. The van der Waals surface area contributed by atoms with Gasteiger partial charge in [-0.25, -0.2) is 4.98 Å². The molecule has 0 atom stereocenters. The summed E-state index contributed by atoms with van der Waals surface area (Å²) in [4.78, 5) is 35.9. The maximum absolute atomic E-state index is 12.1. The summed E-state index contributed by atoms with van der Waals surface area (Å²) in [6.07, 6.45) is 9.32. The Labute approximate surface area is 150 Å². The van der Waals surface area contributed by atoms with Gasteiger partial charge >= 0.3 is 5.97 Å². The summed E-state index contributed by atoms with van der Waals surface area (Å²) in [6, 6.07) is 5.47. The molecule has 1 aromatic heterocycles. The van der Waals surface area contributed by atoms with Crippen molar-refractivity contribution in [3.8, 4) is 0 Å². The van der Waals surface area contributed by atoms with Crippen molar-refractivity contribution in [3.05, 3.63) is 54.4 Å². The van der Waals surface area contributed by atoms with E-state index in [1.807, 2.05) is 17.0 Å². The van der Waals surface area contributed by atoms with E-state index in [-0.39, 0.29) is 12.3 Å². The number of aromatic amines is 1. The van der Waals surface area contributed by atoms with E-state index in [9.17, 15) is 9.59 Å². The average molecular weight is 353 g/mol.